The molecule has 2 heterocycles. The molecule has 1 saturated heterocycles. The van der Waals surface area contributed by atoms with Crippen LogP contribution in [0.4, 0.5) is 0 Å². The lowest BCUT2D eigenvalue weighted by molar-refractivity contribution is -0.151. The zero-order chi connectivity index (χ0) is 29.2. The summed E-state index contributed by atoms with van der Waals surface area (Å²) in [4.78, 5) is 26.8. The predicted molar refractivity (Wildman–Crippen MR) is 153 cm³/mol. The summed E-state index contributed by atoms with van der Waals surface area (Å²) in [6.45, 7) is 3.36. The maximum Gasteiger partial charge on any atom is 0.330 e. The fraction of sp³-hybridized carbons (Fsp3) is 0.312. The molecule has 3 aromatic carbocycles. The summed E-state index contributed by atoms with van der Waals surface area (Å²) < 4.78 is 25.4. The van der Waals surface area contributed by atoms with Crippen LogP contribution in [0, 0.1) is 6.92 Å². The molecule has 1 aliphatic heterocycles. The van der Waals surface area contributed by atoms with Crippen LogP contribution in [0.2, 0.25) is 0 Å². The first-order valence-electron chi connectivity index (χ1n) is 13.4. The normalized spacial score (nSPS) is 20.6. The first-order chi connectivity index (χ1) is 19.7. The molecule has 0 unspecified atom stereocenters. The van der Waals surface area contributed by atoms with Crippen LogP contribution in [-0.2, 0) is 15.1 Å². The Labute approximate surface area is 237 Å². The van der Waals surface area contributed by atoms with Crippen molar-refractivity contribution in [2.75, 3.05) is 20.8 Å². The minimum Gasteiger partial charge on any atom is -0.497 e. The van der Waals surface area contributed by atoms with Crippen molar-refractivity contribution >= 4 is 0 Å². The average Bonchev–Trinajstić information content (AvgIpc) is 3.30. The van der Waals surface area contributed by atoms with Crippen molar-refractivity contribution in [1.29, 1.82) is 0 Å². The van der Waals surface area contributed by atoms with Crippen molar-refractivity contribution in [3.05, 3.63) is 128 Å². The number of hydrogen-bond acceptors (Lipinski definition) is 7. The Balaban J connectivity index is 1.58. The van der Waals surface area contributed by atoms with E-state index in [-0.39, 0.29) is 13.0 Å². The zero-order valence-corrected chi connectivity index (χ0v) is 23.5. The molecule has 0 saturated carbocycles. The molecule has 1 aromatic heterocycles. The van der Waals surface area contributed by atoms with E-state index in [0.29, 0.717) is 17.1 Å². The highest BCUT2D eigenvalue weighted by Gasteiger charge is 2.48. The number of benzene rings is 3. The number of aromatic amines is 1. The van der Waals surface area contributed by atoms with E-state index >= 15 is 0 Å². The van der Waals surface area contributed by atoms with Crippen LogP contribution in [0.5, 0.6) is 11.5 Å². The third-order valence-electron chi connectivity index (χ3n) is 7.74. The molecular formula is C32H34N2O7. The second-order valence-corrected chi connectivity index (χ2v) is 10.4. The van der Waals surface area contributed by atoms with Gasteiger partial charge in [-0.3, -0.25) is 14.3 Å². The Bertz CT molecular complexity index is 1550. The van der Waals surface area contributed by atoms with Gasteiger partial charge in [-0.25, -0.2) is 4.79 Å². The molecule has 0 radical (unpaired) electrons. The van der Waals surface area contributed by atoms with Gasteiger partial charge in [-0.05, 0) is 54.8 Å². The van der Waals surface area contributed by atoms with Crippen LogP contribution < -0.4 is 20.7 Å². The Morgan fingerprint density at radius 3 is 2.00 bits per heavy atom. The number of H-pyrrole nitrogens is 1. The molecule has 214 valence electrons. The fourth-order valence-corrected chi connectivity index (χ4v) is 5.30. The predicted octanol–water partition coefficient (Wildman–Crippen LogP) is 3.91. The van der Waals surface area contributed by atoms with Gasteiger partial charge < -0.3 is 24.1 Å². The number of rotatable bonds is 9. The molecule has 41 heavy (non-hydrogen) atoms. The minimum absolute atomic E-state index is 0.0191. The van der Waals surface area contributed by atoms with Crippen LogP contribution >= 0.6 is 0 Å². The highest BCUT2D eigenvalue weighted by molar-refractivity contribution is 5.49. The Kier molecular flexibility index (Phi) is 7.86. The summed E-state index contributed by atoms with van der Waals surface area (Å²) in [6, 6.07) is 25.2. The molecule has 1 aliphatic rings. The van der Waals surface area contributed by atoms with Crippen molar-refractivity contribution in [3.8, 4) is 11.5 Å². The van der Waals surface area contributed by atoms with E-state index in [9.17, 15) is 14.7 Å². The SMILES string of the molecule is COc1ccc(C(OC[C@@]2(C)O[C@@H](n3cc(C)c(=O)[nH]c3=O)C[C@@H]2O)(c2ccccc2)c2ccc(OC)cc2)cc1. The number of ether oxygens (including phenoxy) is 4. The molecule has 0 amide bonds. The van der Waals surface area contributed by atoms with Crippen LogP contribution in [0.15, 0.2) is 94.6 Å². The van der Waals surface area contributed by atoms with Crippen molar-refractivity contribution in [1.82, 2.24) is 9.55 Å². The third kappa shape index (κ3) is 5.31. The fourth-order valence-electron chi connectivity index (χ4n) is 5.30. The molecule has 9 nitrogen and oxygen atoms in total. The topological polar surface area (TPSA) is 112 Å². The standard InChI is InChI=1S/C32H34N2O7/c1-21-19-34(30(37)33-29(21)36)28-18-27(35)31(2,41-28)20-40-32(22-8-6-5-7-9-22,23-10-14-25(38-3)15-11-23)24-12-16-26(39-4)17-13-24/h5-17,19,27-28,35H,18,20H2,1-4H3,(H,33,36,37)/t27-,28+,31+/m0/s1. The molecule has 0 bridgehead atoms. The first-order valence-corrected chi connectivity index (χ1v) is 13.4. The lowest BCUT2D eigenvalue weighted by Gasteiger charge is -2.39. The summed E-state index contributed by atoms with van der Waals surface area (Å²) in [5.74, 6) is 1.41. The summed E-state index contributed by atoms with van der Waals surface area (Å²) in [5, 5.41) is 11.2. The zero-order valence-electron chi connectivity index (χ0n) is 23.5. The van der Waals surface area contributed by atoms with Gasteiger partial charge in [0.25, 0.3) is 5.56 Å². The van der Waals surface area contributed by atoms with Gasteiger partial charge in [0.15, 0.2) is 0 Å². The molecule has 1 fully saturated rings. The maximum atomic E-state index is 12.6. The van der Waals surface area contributed by atoms with Crippen molar-refractivity contribution in [2.45, 2.75) is 43.8 Å². The first kappa shape index (κ1) is 28.4. The molecule has 0 aliphatic carbocycles. The number of methoxy groups -OCH3 is 2. The number of aryl methyl sites for hydroxylation is 1. The molecule has 4 aromatic rings. The van der Waals surface area contributed by atoms with Gasteiger partial charge in [0.2, 0.25) is 0 Å². The van der Waals surface area contributed by atoms with Crippen LogP contribution in [0.3, 0.4) is 0 Å². The number of aliphatic hydroxyl groups is 1. The average molecular weight is 559 g/mol. The molecular weight excluding hydrogens is 524 g/mol. The van der Waals surface area contributed by atoms with E-state index in [4.69, 9.17) is 18.9 Å². The third-order valence-corrected chi connectivity index (χ3v) is 7.74. The lowest BCUT2D eigenvalue weighted by Crippen LogP contribution is -2.45. The number of hydrogen-bond donors (Lipinski definition) is 2. The Morgan fingerprint density at radius 2 is 1.46 bits per heavy atom. The van der Waals surface area contributed by atoms with Gasteiger partial charge in [0, 0.05) is 18.2 Å². The molecule has 0 spiro atoms. The minimum atomic E-state index is -1.17. The highest BCUT2D eigenvalue weighted by Crippen LogP contribution is 2.44. The number of aliphatic hydroxyl groups excluding tert-OH is 1. The summed E-state index contributed by atoms with van der Waals surface area (Å²) in [6.07, 6.45) is -0.135. The summed E-state index contributed by atoms with van der Waals surface area (Å²) in [7, 11) is 3.23. The van der Waals surface area contributed by atoms with Gasteiger partial charge in [-0.15, -0.1) is 0 Å². The number of aromatic nitrogens is 2. The molecule has 2 N–H and O–H groups in total. The van der Waals surface area contributed by atoms with Gasteiger partial charge in [0.1, 0.15) is 28.9 Å². The van der Waals surface area contributed by atoms with Crippen molar-refractivity contribution < 1.29 is 24.1 Å². The van der Waals surface area contributed by atoms with E-state index < -0.39 is 34.8 Å². The molecule has 9 heteroatoms. The highest BCUT2D eigenvalue weighted by atomic mass is 16.6. The van der Waals surface area contributed by atoms with E-state index in [0.717, 1.165) is 16.7 Å². The second-order valence-electron chi connectivity index (χ2n) is 10.4. The molecule has 5 rings (SSSR count). The van der Waals surface area contributed by atoms with Gasteiger partial charge in [0.05, 0.1) is 26.9 Å². The summed E-state index contributed by atoms with van der Waals surface area (Å²) >= 11 is 0. The molecule has 3 atom stereocenters. The maximum absolute atomic E-state index is 12.6. The van der Waals surface area contributed by atoms with E-state index in [2.05, 4.69) is 4.98 Å². The number of nitrogens with zero attached hydrogens (tertiary/aromatic N) is 1. The van der Waals surface area contributed by atoms with Gasteiger partial charge >= 0.3 is 5.69 Å². The van der Waals surface area contributed by atoms with E-state index in [1.807, 2.05) is 78.9 Å². The van der Waals surface area contributed by atoms with Crippen LogP contribution in [-0.4, -0.2) is 47.2 Å². The smallest absolute Gasteiger partial charge is 0.330 e. The summed E-state index contributed by atoms with van der Waals surface area (Å²) in [5.41, 5.74) is -0.405. The van der Waals surface area contributed by atoms with Crippen molar-refractivity contribution in [3.63, 3.8) is 0 Å². The van der Waals surface area contributed by atoms with Crippen LogP contribution in [0.1, 0.15) is 41.8 Å². The van der Waals surface area contributed by atoms with Crippen LogP contribution in [0.25, 0.3) is 0 Å². The lowest BCUT2D eigenvalue weighted by atomic mass is 9.79. The Morgan fingerprint density at radius 1 is 0.927 bits per heavy atom. The van der Waals surface area contributed by atoms with E-state index in [1.54, 1.807) is 28.1 Å². The largest absolute Gasteiger partial charge is 0.497 e. The van der Waals surface area contributed by atoms with Gasteiger partial charge in [-0.2, -0.15) is 0 Å². The monoisotopic (exact) mass is 558 g/mol. The van der Waals surface area contributed by atoms with Crippen molar-refractivity contribution in [2.24, 2.45) is 0 Å². The van der Waals surface area contributed by atoms with Gasteiger partial charge in [-0.1, -0.05) is 54.6 Å². The quantitative estimate of drug-likeness (QED) is 0.300. The second kappa shape index (κ2) is 11.4. The van der Waals surface area contributed by atoms with E-state index in [1.165, 1.54) is 10.8 Å². The number of nitrogens with one attached hydrogen (secondary N) is 1. The Hall–Kier alpha value is -4.18.